The van der Waals surface area contributed by atoms with Crippen molar-refractivity contribution in [3.8, 4) is 0 Å². The van der Waals surface area contributed by atoms with Gasteiger partial charge < -0.3 is 10.1 Å². The highest BCUT2D eigenvalue weighted by Gasteiger charge is 2.12. The van der Waals surface area contributed by atoms with Crippen molar-refractivity contribution in [2.45, 2.75) is 25.8 Å². The van der Waals surface area contributed by atoms with Crippen molar-refractivity contribution in [2.24, 2.45) is 0 Å². The van der Waals surface area contributed by atoms with Crippen molar-refractivity contribution in [2.75, 3.05) is 39.4 Å². The van der Waals surface area contributed by atoms with E-state index in [1.165, 1.54) is 5.69 Å². The zero-order valence-electron chi connectivity index (χ0n) is 11.8. The van der Waals surface area contributed by atoms with E-state index in [1.54, 1.807) is 0 Å². The Labute approximate surface area is 116 Å². The molecule has 1 N–H and O–H groups in total. The summed E-state index contributed by atoms with van der Waals surface area (Å²) in [7, 11) is 0. The summed E-state index contributed by atoms with van der Waals surface area (Å²) < 4.78 is 5.36. The highest BCUT2D eigenvalue weighted by molar-refractivity contribution is 5.03. The smallest absolute Gasteiger partial charge is 0.0594 e. The molecule has 2 heterocycles. The van der Waals surface area contributed by atoms with E-state index in [0.29, 0.717) is 6.04 Å². The minimum absolute atomic E-state index is 0.543. The normalized spacial score (nSPS) is 18.4. The van der Waals surface area contributed by atoms with Crippen LogP contribution < -0.4 is 5.32 Å². The minimum atomic E-state index is 0.543. The Morgan fingerprint density at radius 3 is 2.95 bits per heavy atom. The van der Waals surface area contributed by atoms with Gasteiger partial charge in [-0.1, -0.05) is 6.07 Å². The number of rotatable bonds is 7. The molecule has 0 aliphatic carbocycles. The van der Waals surface area contributed by atoms with Gasteiger partial charge in [0.05, 0.1) is 13.2 Å². The van der Waals surface area contributed by atoms with Crippen molar-refractivity contribution in [3.63, 3.8) is 0 Å². The van der Waals surface area contributed by atoms with Gasteiger partial charge in [0.2, 0.25) is 0 Å². The monoisotopic (exact) mass is 263 g/mol. The van der Waals surface area contributed by atoms with Crippen LogP contribution >= 0.6 is 0 Å². The molecule has 0 aromatic carbocycles. The third-order valence-electron chi connectivity index (χ3n) is 3.46. The van der Waals surface area contributed by atoms with Gasteiger partial charge in [-0.25, -0.2) is 0 Å². The molecule has 106 valence electrons. The highest BCUT2D eigenvalue weighted by atomic mass is 16.5. The van der Waals surface area contributed by atoms with Crippen LogP contribution in [0.2, 0.25) is 0 Å². The first kappa shape index (κ1) is 14.4. The van der Waals surface area contributed by atoms with Gasteiger partial charge >= 0.3 is 0 Å². The summed E-state index contributed by atoms with van der Waals surface area (Å²) in [6.45, 7) is 8.34. The van der Waals surface area contributed by atoms with Crippen LogP contribution in [0.5, 0.6) is 0 Å². The van der Waals surface area contributed by atoms with Gasteiger partial charge in [0.1, 0.15) is 0 Å². The maximum atomic E-state index is 5.36. The van der Waals surface area contributed by atoms with Gasteiger partial charge in [-0.15, -0.1) is 0 Å². The Balaban J connectivity index is 1.55. The molecule has 1 aromatic rings. The Morgan fingerprint density at radius 2 is 2.21 bits per heavy atom. The first-order valence-corrected chi connectivity index (χ1v) is 7.28. The Morgan fingerprint density at radius 1 is 1.37 bits per heavy atom. The van der Waals surface area contributed by atoms with E-state index in [-0.39, 0.29) is 0 Å². The number of ether oxygens (including phenoxy) is 1. The summed E-state index contributed by atoms with van der Waals surface area (Å²) in [5, 5.41) is 3.59. The van der Waals surface area contributed by atoms with Gasteiger partial charge in [-0.05, 0) is 38.4 Å². The fourth-order valence-electron chi connectivity index (χ4n) is 2.40. The maximum Gasteiger partial charge on any atom is 0.0594 e. The van der Waals surface area contributed by atoms with Gasteiger partial charge in [-0.2, -0.15) is 0 Å². The van der Waals surface area contributed by atoms with Crippen LogP contribution in [0, 0.1) is 0 Å². The van der Waals surface area contributed by atoms with Crippen LogP contribution in [-0.4, -0.2) is 55.3 Å². The summed E-state index contributed by atoms with van der Waals surface area (Å²) in [5.74, 6) is 0. The molecule has 19 heavy (non-hydrogen) atoms. The molecular formula is C15H25N3O. The molecule has 1 saturated heterocycles. The second-order valence-corrected chi connectivity index (χ2v) is 5.19. The average molecular weight is 263 g/mol. The molecule has 0 bridgehead atoms. The molecule has 0 radical (unpaired) electrons. The van der Waals surface area contributed by atoms with Gasteiger partial charge in [0.25, 0.3) is 0 Å². The minimum Gasteiger partial charge on any atom is -0.379 e. The molecule has 0 saturated carbocycles. The third kappa shape index (κ3) is 5.68. The molecule has 1 aromatic heterocycles. The largest absolute Gasteiger partial charge is 0.379 e. The van der Waals surface area contributed by atoms with Crippen LogP contribution in [0.15, 0.2) is 24.4 Å². The molecule has 1 unspecified atom stereocenters. The van der Waals surface area contributed by atoms with Crippen molar-refractivity contribution in [3.05, 3.63) is 30.1 Å². The number of hydrogen-bond donors (Lipinski definition) is 1. The first-order valence-electron chi connectivity index (χ1n) is 7.28. The molecule has 0 spiro atoms. The van der Waals surface area contributed by atoms with Gasteiger partial charge in [0.15, 0.2) is 0 Å². The van der Waals surface area contributed by atoms with Crippen LogP contribution in [0.4, 0.5) is 0 Å². The summed E-state index contributed by atoms with van der Waals surface area (Å²) in [6.07, 6.45) is 4.06. The standard InChI is InChI=1S/C15H25N3O/c1-14(13-18-9-11-19-12-10-18)16-8-4-6-15-5-2-3-7-17-15/h2-3,5,7,14,16H,4,6,8-13H2,1H3. The van der Waals surface area contributed by atoms with E-state index < -0.39 is 0 Å². The molecule has 1 atom stereocenters. The Bertz CT molecular complexity index is 339. The summed E-state index contributed by atoms with van der Waals surface area (Å²) in [4.78, 5) is 6.81. The molecule has 1 aliphatic rings. The van der Waals surface area contributed by atoms with E-state index in [9.17, 15) is 0 Å². The van der Waals surface area contributed by atoms with E-state index in [0.717, 1.165) is 52.2 Å². The van der Waals surface area contributed by atoms with E-state index in [2.05, 4.69) is 34.3 Å². The predicted molar refractivity (Wildman–Crippen MR) is 77.3 cm³/mol. The average Bonchev–Trinajstić information content (AvgIpc) is 2.46. The molecule has 0 amide bonds. The molecule has 1 aliphatic heterocycles. The lowest BCUT2D eigenvalue weighted by Crippen LogP contribution is -2.44. The summed E-state index contributed by atoms with van der Waals surface area (Å²) in [5.41, 5.74) is 1.19. The second-order valence-electron chi connectivity index (χ2n) is 5.19. The number of nitrogens with one attached hydrogen (secondary N) is 1. The van der Waals surface area contributed by atoms with E-state index in [1.807, 2.05) is 12.3 Å². The Kier molecular flexibility index (Phi) is 6.27. The van der Waals surface area contributed by atoms with Crippen molar-refractivity contribution in [1.82, 2.24) is 15.2 Å². The quantitative estimate of drug-likeness (QED) is 0.753. The van der Waals surface area contributed by atoms with E-state index in [4.69, 9.17) is 4.74 Å². The number of pyridine rings is 1. The topological polar surface area (TPSA) is 37.4 Å². The van der Waals surface area contributed by atoms with Crippen LogP contribution in [0.25, 0.3) is 0 Å². The fraction of sp³-hybridized carbons (Fsp3) is 0.667. The lowest BCUT2D eigenvalue weighted by molar-refractivity contribution is 0.0344. The van der Waals surface area contributed by atoms with Crippen LogP contribution in [-0.2, 0) is 11.2 Å². The van der Waals surface area contributed by atoms with E-state index >= 15 is 0 Å². The number of hydrogen-bond acceptors (Lipinski definition) is 4. The molecule has 4 heteroatoms. The summed E-state index contributed by atoms with van der Waals surface area (Å²) in [6, 6.07) is 6.65. The molecule has 1 fully saturated rings. The van der Waals surface area contributed by atoms with Crippen molar-refractivity contribution < 1.29 is 4.74 Å². The molecular weight excluding hydrogens is 238 g/mol. The molecule has 2 rings (SSSR count). The zero-order valence-corrected chi connectivity index (χ0v) is 11.8. The van der Waals surface area contributed by atoms with Crippen molar-refractivity contribution >= 4 is 0 Å². The van der Waals surface area contributed by atoms with Gasteiger partial charge in [0, 0.05) is 37.6 Å². The number of morpholine rings is 1. The lowest BCUT2D eigenvalue weighted by atomic mass is 10.2. The number of aromatic nitrogens is 1. The number of aryl methyl sites for hydroxylation is 1. The van der Waals surface area contributed by atoms with Crippen molar-refractivity contribution in [1.29, 1.82) is 0 Å². The molecule has 4 nitrogen and oxygen atoms in total. The highest BCUT2D eigenvalue weighted by Crippen LogP contribution is 2.00. The fourth-order valence-corrected chi connectivity index (χ4v) is 2.40. The Hall–Kier alpha value is -0.970. The second kappa shape index (κ2) is 8.25. The SMILES string of the molecule is CC(CN1CCOCC1)NCCCc1ccccn1. The lowest BCUT2D eigenvalue weighted by Gasteiger charge is -2.29. The number of nitrogens with zero attached hydrogens (tertiary/aromatic N) is 2. The third-order valence-corrected chi connectivity index (χ3v) is 3.46. The zero-order chi connectivity index (χ0) is 13.3. The van der Waals surface area contributed by atoms with Crippen LogP contribution in [0.1, 0.15) is 19.0 Å². The summed E-state index contributed by atoms with van der Waals surface area (Å²) >= 11 is 0. The first-order chi connectivity index (χ1) is 9.34. The van der Waals surface area contributed by atoms with Gasteiger partial charge in [-0.3, -0.25) is 9.88 Å². The maximum absolute atomic E-state index is 5.36. The predicted octanol–water partition coefficient (Wildman–Crippen LogP) is 1.32. The van der Waals surface area contributed by atoms with Crippen LogP contribution in [0.3, 0.4) is 0 Å².